The Hall–Kier alpha value is -2.91. The van der Waals surface area contributed by atoms with Gasteiger partial charge < -0.3 is 4.74 Å². The zero-order chi connectivity index (χ0) is 17.1. The van der Waals surface area contributed by atoms with E-state index in [4.69, 9.17) is 9.72 Å². The molecule has 0 atom stereocenters. The molecule has 0 saturated heterocycles. The van der Waals surface area contributed by atoms with Gasteiger partial charge in [-0.2, -0.15) is 0 Å². The van der Waals surface area contributed by atoms with Gasteiger partial charge in [-0.3, -0.25) is 0 Å². The third-order valence-corrected chi connectivity index (χ3v) is 5.00. The summed E-state index contributed by atoms with van der Waals surface area (Å²) in [6.45, 7) is 0. The minimum Gasteiger partial charge on any atom is -0.497 e. The van der Waals surface area contributed by atoms with Crippen molar-refractivity contribution in [3.8, 4) is 38.7 Å². The first-order valence-corrected chi connectivity index (χ1v) is 8.97. The molecule has 3 heteroatoms. The fourth-order valence-electron chi connectivity index (χ4n) is 2.76. The fraction of sp³-hybridized carbons (Fsp3) is 0.0455. The van der Waals surface area contributed by atoms with Crippen LogP contribution in [0.2, 0.25) is 0 Å². The summed E-state index contributed by atoms with van der Waals surface area (Å²) in [6.07, 6.45) is 0. The van der Waals surface area contributed by atoms with Crippen molar-refractivity contribution in [2.24, 2.45) is 0 Å². The molecule has 4 rings (SSSR count). The Morgan fingerprint density at radius 2 is 1.44 bits per heavy atom. The average molecular weight is 343 g/mol. The molecule has 0 saturated carbocycles. The first-order valence-electron chi connectivity index (χ1n) is 8.09. The Balaban J connectivity index is 1.66. The maximum absolute atomic E-state index is 5.23. The van der Waals surface area contributed by atoms with Gasteiger partial charge in [0.2, 0.25) is 0 Å². The normalized spacial score (nSPS) is 10.6. The van der Waals surface area contributed by atoms with Crippen LogP contribution in [-0.2, 0) is 0 Å². The van der Waals surface area contributed by atoms with Crippen LogP contribution in [0.5, 0.6) is 5.75 Å². The van der Waals surface area contributed by atoms with Gasteiger partial charge in [0.25, 0.3) is 0 Å². The third kappa shape index (κ3) is 3.32. The highest BCUT2D eigenvalue weighted by Crippen LogP contribution is 2.31. The molecule has 0 bridgehead atoms. The number of rotatable bonds is 4. The number of hydrogen-bond acceptors (Lipinski definition) is 3. The molecule has 0 aliphatic heterocycles. The van der Waals surface area contributed by atoms with Crippen molar-refractivity contribution in [2.45, 2.75) is 0 Å². The van der Waals surface area contributed by atoms with Crippen LogP contribution in [0.25, 0.3) is 33.0 Å². The van der Waals surface area contributed by atoms with E-state index in [-0.39, 0.29) is 0 Å². The van der Waals surface area contributed by atoms with E-state index in [0.29, 0.717) is 0 Å². The number of methoxy groups -OCH3 is 1. The van der Waals surface area contributed by atoms with Crippen LogP contribution in [0.15, 0.2) is 84.2 Å². The minimum absolute atomic E-state index is 0.868. The molecule has 122 valence electrons. The second-order valence-electron chi connectivity index (χ2n) is 5.71. The van der Waals surface area contributed by atoms with E-state index in [2.05, 4.69) is 53.9 Å². The molecule has 3 aromatic carbocycles. The molecule has 0 aliphatic rings. The van der Waals surface area contributed by atoms with Gasteiger partial charge in [-0.25, -0.2) is 4.98 Å². The highest BCUT2D eigenvalue weighted by atomic mass is 32.1. The molecular weight excluding hydrogens is 326 g/mol. The SMILES string of the molecule is COc1ccc(-c2cccc(-c3csc(-c4ccccc4)n3)c2)cc1. The summed E-state index contributed by atoms with van der Waals surface area (Å²) in [5.41, 5.74) is 5.64. The highest BCUT2D eigenvalue weighted by molar-refractivity contribution is 7.13. The smallest absolute Gasteiger partial charge is 0.124 e. The minimum atomic E-state index is 0.868. The van der Waals surface area contributed by atoms with E-state index < -0.39 is 0 Å². The van der Waals surface area contributed by atoms with Crippen LogP contribution in [0.4, 0.5) is 0 Å². The van der Waals surface area contributed by atoms with Gasteiger partial charge in [-0.15, -0.1) is 11.3 Å². The van der Waals surface area contributed by atoms with Crippen molar-refractivity contribution in [1.29, 1.82) is 0 Å². The predicted octanol–water partition coefficient (Wildman–Crippen LogP) is 6.15. The van der Waals surface area contributed by atoms with E-state index in [9.17, 15) is 0 Å². The summed E-state index contributed by atoms with van der Waals surface area (Å²) in [4.78, 5) is 4.81. The van der Waals surface area contributed by atoms with Gasteiger partial charge in [0.15, 0.2) is 0 Å². The molecule has 4 aromatic rings. The first kappa shape index (κ1) is 15.6. The Morgan fingerprint density at radius 3 is 2.20 bits per heavy atom. The molecule has 1 heterocycles. The quantitative estimate of drug-likeness (QED) is 0.443. The average Bonchev–Trinajstić information content (AvgIpc) is 3.19. The van der Waals surface area contributed by atoms with Crippen molar-refractivity contribution < 1.29 is 4.74 Å². The molecule has 25 heavy (non-hydrogen) atoms. The van der Waals surface area contributed by atoms with Gasteiger partial charge in [-0.1, -0.05) is 60.7 Å². The van der Waals surface area contributed by atoms with Crippen molar-refractivity contribution in [1.82, 2.24) is 4.98 Å². The monoisotopic (exact) mass is 343 g/mol. The molecule has 0 spiro atoms. The van der Waals surface area contributed by atoms with E-state index in [1.165, 1.54) is 11.1 Å². The molecule has 0 N–H and O–H groups in total. The van der Waals surface area contributed by atoms with Crippen LogP contribution in [0.3, 0.4) is 0 Å². The van der Waals surface area contributed by atoms with Crippen LogP contribution in [-0.4, -0.2) is 12.1 Å². The van der Waals surface area contributed by atoms with E-state index in [1.54, 1.807) is 18.4 Å². The number of thiazole rings is 1. The summed E-state index contributed by atoms with van der Waals surface area (Å²) >= 11 is 1.68. The lowest BCUT2D eigenvalue weighted by atomic mass is 10.0. The summed E-state index contributed by atoms with van der Waals surface area (Å²) in [5, 5.41) is 3.17. The largest absolute Gasteiger partial charge is 0.497 e. The zero-order valence-corrected chi connectivity index (χ0v) is 14.7. The first-order chi connectivity index (χ1) is 12.3. The number of aromatic nitrogens is 1. The Morgan fingerprint density at radius 1 is 0.720 bits per heavy atom. The molecule has 0 fully saturated rings. The lowest BCUT2D eigenvalue weighted by Gasteiger charge is -2.05. The van der Waals surface area contributed by atoms with Gasteiger partial charge in [-0.05, 0) is 29.3 Å². The zero-order valence-electron chi connectivity index (χ0n) is 13.8. The maximum Gasteiger partial charge on any atom is 0.124 e. The molecule has 0 amide bonds. The number of nitrogens with zero attached hydrogens (tertiary/aromatic N) is 1. The second kappa shape index (κ2) is 6.91. The Labute approximate surface area is 151 Å². The Bertz CT molecular complexity index is 974. The van der Waals surface area contributed by atoms with Crippen LogP contribution in [0.1, 0.15) is 0 Å². The maximum atomic E-state index is 5.23. The van der Waals surface area contributed by atoms with E-state index >= 15 is 0 Å². The topological polar surface area (TPSA) is 22.1 Å². The number of hydrogen-bond donors (Lipinski definition) is 0. The van der Waals surface area contributed by atoms with Crippen molar-refractivity contribution in [3.05, 3.63) is 84.2 Å². The summed E-state index contributed by atoms with van der Waals surface area (Å²) in [7, 11) is 1.68. The highest BCUT2D eigenvalue weighted by Gasteiger charge is 2.08. The summed E-state index contributed by atoms with van der Waals surface area (Å²) in [5.74, 6) is 0.868. The molecule has 0 aliphatic carbocycles. The van der Waals surface area contributed by atoms with Gasteiger partial charge in [0.05, 0.1) is 12.8 Å². The van der Waals surface area contributed by atoms with Crippen molar-refractivity contribution in [3.63, 3.8) is 0 Å². The standard InChI is InChI=1S/C22H17NOS/c1-24-20-12-10-16(11-13-20)18-8-5-9-19(14-18)21-15-25-22(23-21)17-6-3-2-4-7-17/h2-15H,1H3. The second-order valence-corrected chi connectivity index (χ2v) is 6.57. The molecule has 0 radical (unpaired) electrons. The fourth-order valence-corrected chi connectivity index (χ4v) is 3.60. The van der Waals surface area contributed by atoms with Crippen LogP contribution in [0, 0.1) is 0 Å². The van der Waals surface area contributed by atoms with Gasteiger partial charge >= 0.3 is 0 Å². The summed E-state index contributed by atoms with van der Waals surface area (Å²) in [6, 6.07) is 26.9. The van der Waals surface area contributed by atoms with E-state index in [0.717, 1.165) is 27.6 Å². The van der Waals surface area contributed by atoms with Crippen LogP contribution < -0.4 is 4.74 Å². The van der Waals surface area contributed by atoms with Gasteiger partial charge in [0, 0.05) is 16.5 Å². The predicted molar refractivity (Wildman–Crippen MR) is 105 cm³/mol. The third-order valence-electron chi connectivity index (χ3n) is 4.11. The number of ether oxygens (including phenoxy) is 1. The van der Waals surface area contributed by atoms with Crippen molar-refractivity contribution in [2.75, 3.05) is 7.11 Å². The molecule has 2 nitrogen and oxygen atoms in total. The summed E-state index contributed by atoms with van der Waals surface area (Å²) < 4.78 is 5.23. The molecular formula is C22H17NOS. The lowest BCUT2D eigenvalue weighted by Crippen LogP contribution is -1.84. The molecule has 0 unspecified atom stereocenters. The Kier molecular flexibility index (Phi) is 4.32. The van der Waals surface area contributed by atoms with Crippen LogP contribution >= 0.6 is 11.3 Å². The van der Waals surface area contributed by atoms with Gasteiger partial charge in [0.1, 0.15) is 10.8 Å². The molecule has 1 aromatic heterocycles. The lowest BCUT2D eigenvalue weighted by molar-refractivity contribution is 0.415. The van der Waals surface area contributed by atoms with Crippen molar-refractivity contribution >= 4 is 11.3 Å². The number of benzene rings is 3. The van der Waals surface area contributed by atoms with E-state index in [1.807, 2.05) is 30.3 Å².